The van der Waals surface area contributed by atoms with Crippen molar-refractivity contribution in [2.45, 2.75) is 20.5 Å². The van der Waals surface area contributed by atoms with Crippen LogP contribution in [0, 0.1) is 6.92 Å². The van der Waals surface area contributed by atoms with Gasteiger partial charge in [0.15, 0.2) is 5.78 Å². The molecule has 3 rings (SSSR count). The van der Waals surface area contributed by atoms with Crippen molar-refractivity contribution < 1.29 is 23.5 Å². The average molecular weight is 338 g/mol. The zero-order valence-electron chi connectivity index (χ0n) is 14.3. The number of ketones is 1. The van der Waals surface area contributed by atoms with Crippen LogP contribution < -0.4 is 4.74 Å². The number of hydrogen-bond donors (Lipinski definition) is 0. The summed E-state index contributed by atoms with van der Waals surface area (Å²) in [7, 11) is 1.53. The van der Waals surface area contributed by atoms with Gasteiger partial charge in [-0.3, -0.25) is 4.79 Å². The van der Waals surface area contributed by atoms with Crippen molar-refractivity contribution >= 4 is 22.7 Å². The van der Waals surface area contributed by atoms with E-state index in [0.29, 0.717) is 22.5 Å². The molecule has 0 saturated carbocycles. The van der Waals surface area contributed by atoms with Crippen LogP contribution in [-0.4, -0.2) is 18.9 Å². The molecule has 0 unspecified atom stereocenters. The number of para-hydroxylation sites is 1. The number of fused-ring (bicyclic) bond motifs is 1. The second kappa shape index (κ2) is 6.81. The Kier molecular flexibility index (Phi) is 4.57. The number of carbonyl (C=O) groups excluding carboxylic acids is 2. The first-order valence-electron chi connectivity index (χ1n) is 7.84. The standard InChI is InChI=1S/C20H18O5/c1-12-16-6-4-5-7-18(16)25-19(12)20(22)24-11-15-10-14(13(2)21)8-9-17(15)23-3/h4-10H,11H2,1-3H3. The number of methoxy groups -OCH3 is 1. The molecule has 0 radical (unpaired) electrons. The first-order valence-corrected chi connectivity index (χ1v) is 7.84. The van der Waals surface area contributed by atoms with Gasteiger partial charge in [0.05, 0.1) is 7.11 Å². The van der Waals surface area contributed by atoms with Crippen LogP contribution in [0.2, 0.25) is 0 Å². The largest absolute Gasteiger partial charge is 0.496 e. The zero-order chi connectivity index (χ0) is 18.0. The molecule has 0 aliphatic heterocycles. The summed E-state index contributed by atoms with van der Waals surface area (Å²) < 4.78 is 16.2. The average Bonchev–Trinajstić information content (AvgIpc) is 2.96. The molecule has 0 aliphatic rings. The molecule has 0 spiro atoms. The van der Waals surface area contributed by atoms with E-state index in [1.54, 1.807) is 24.3 Å². The van der Waals surface area contributed by atoms with Crippen LogP contribution in [0.1, 0.15) is 39.0 Å². The molecule has 3 aromatic rings. The normalized spacial score (nSPS) is 10.7. The van der Waals surface area contributed by atoms with Crippen LogP contribution in [0.3, 0.4) is 0 Å². The fourth-order valence-corrected chi connectivity index (χ4v) is 2.69. The van der Waals surface area contributed by atoms with Crippen molar-refractivity contribution in [3.05, 3.63) is 64.9 Å². The van der Waals surface area contributed by atoms with Crippen LogP contribution in [0.5, 0.6) is 5.75 Å². The molecule has 0 N–H and O–H groups in total. The van der Waals surface area contributed by atoms with E-state index in [0.717, 1.165) is 10.9 Å². The van der Waals surface area contributed by atoms with Gasteiger partial charge in [0, 0.05) is 22.1 Å². The van der Waals surface area contributed by atoms with Crippen molar-refractivity contribution in [1.29, 1.82) is 0 Å². The maximum atomic E-state index is 12.4. The highest BCUT2D eigenvalue weighted by Crippen LogP contribution is 2.26. The van der Waals surface area contributed by atoms with Crippen molar-refractivity contribution in [3.8, 4) is 5.75 Å². The van der Waals surface area contributed by atoms with E-state index in [9.17, 15) is 9.59 Å². The lowest BCUT2D eigenvalue weighted by molar-refractivity contribution is 0.0435. The van der Waals surface area contributed by atoms with Gasteiger partial charge in [0.2, 0.25) is 5.76 Å². The monoisotopic (exact) mass is 338 g/mol. The highest BCUT2D eigenvalue weighted by Gasteiger charge is 2.19. The Hall–Kier alpha value is -3.08. The molecule has 5 heteroatoms. The van der Waals surface area contributed by atoms with Gasteiger partial charge < -0.3 is 13.9 Å². The summed E-state index contributed by atoms with van der Waals surface area (Å²) in [6.45, 7) is 3.29. The Morgan fingerprint density at radius 1 is 1.12 bits per heavy atom. The van der Waals surface area contributed by atoms with E-state index < -0.39 is 5.97 Å². The van der Waals surface area contributed by atoms with Gasteiger partial charge in [-0.25, -0.2) is 4.79 Å². The van der Waals surface area contributed by atoms with E-state index in [1.807, 2.05) is 25.1 Å². The van der Waals surface area contributed by atoms with Gasteiger partial charge in [-0.15, -0.1) is 0 Å². The molecule has 25 heavy (non-hydrogen) atoms. The molecular weight excluding hydrogens is 320 g/mol. The number of furan rings is 1. The number of benzene rings is 2. The maximum Gasteiger partial charge on any atom is 0.374 e. The highest BCUT2D eigenvalue weighted by atomic mass is 16.5. The highest BCUT2D eigenvalue weighted by molar-refractivity contribution is 5.96. The minimum atomic E-state index is -0.552. The van der Waals surface area contributed by atoms with Crippen LogP contribution in [0.4, 0.5) is 0 Å². The Balaban J connectivity index is 1.83. The number of aryl methyl sites for hydroxylation is 1. The molecule has 2 aromatic carbocycles. The minimum absolute atomic E-state index is 0.0143. The Morgan fingerprint density at radius 3 is 2.56 bits per heavy atom. The number of hydrogen-bond acceptors (Lipinski definition) is 5. The summed E-state index contributed by atoms with van der Waals surface area (Å²) in [4.78, 5) is 23.9. The molecule has 0 aliphatic carbocycles. The summed E-state index contributed by atoms with van der Waals surface area (Å²) in [5, 5.41) is 0.880. The van der Waals surface area contributed by atoms with Crippen LogP contribution in [0.25, 0.3) is 11.0 Å². The molecule has 0 saturated heterocycles. The third kappa shape index (κ3) is 3.26. The lowest BCUT2D eigenvalue weighted by Gasteiger charge is -2.10. The molecule has 5 nitrogen and oxygen atoms in total. The Bertz CT molecular complexity index is 952. The van der Waals surface area contributed by atoms with Gasteiger partial charge in [-0.1, -0.05) is 18.2 Å². The fourth-order valence-electron chi connectivity index (χ4n) is 2.69. The number of rotatable bonds is 5. The van der Waals surface area contributed by atoms with Gasteiger partial charge in [-0.2, -0.15) is 0 Å². The van der Waals surface area contributed by atoms with Crippen molar-refractivity contribution in [2.75, 3.05) is 7.11 Å². The topological polar surface area (TPSA) is 65.7 Å². The van der Waals surface area contributed by atoms with E-state index in [4.69, 9.17) is 13.9 Å². The second-order valence-electron chi connectivity index (χ2n) is 5.71. The van der Waals surface area contributed by atoms with Gasteiger partial charge in [-0.05, 0) is 38.1 Å². The van der Waals surface area contributed by atoms with Gasteiger partial charge in [0.1, 0.15) is 17.9 Å². The third-order valence-corrected chi connectivity index (χ3v) is 4.07. The SMILES string of the molecule is COc1ccc(C(C)=O)cc1COC(=O)c1oc2ccccc2c1C. The molecular formula is C20H18O5. The Morgan fingerprint density at radius 2 is 1.88 bits per heavy atom. The number of Topliss-reactive ketones (excluding diaryl/α,β-unsaturated/α-hetero) is 1. The molecule has 0 bridgehead atoms. The van der Waals surface area contributed by atoms with Crippen molar-refractivity contribution in [3.63, 3.8) is 0 Å². The lowest BCUT2D eigenvalue weighted by Crippen LogP contribution is -2.07. The molecule has 1 aromatic heterocycles. The predicted molar refractivity (Wildman–Crippen MR) is 93.1 cm³/mol. The third-order valence-electron chi connectivity index (χ3n) is 4.07. The smallest absolute Gasteiger partial charge is 0.374 e. The maximum absolute atomic E-state index is 12.4. The molecule has 1 heterocycles. The lowest BCUT2D eigenvalue weighted by atomic mass is 10.1. The number of carbonyl (C=O) groups is 2. The Labute approximate surface area is 145 Å². The van der Waals surface area contributed by atoms with Crippen LogP contribution >= 0.6 is 0 Å². The summed E-state index contributed by atoms with van der Waals surface area (Å²) in [6.07, 6.45) is 0. The van der Waals surface area contributed by atoms with Crippen molar-refractivity contribution in [1.82, 2.24) is 0 Å². The van der Waals surface area contributed by atoms with Crippen LogP contribution in [0.15, 0.2) is 46.9 Å². The first-order chi connectivity index (χ1) is 12.0. The molecule has 0 fully saturated rings. The quantitative estimate of drug-likeness (QED) is 0.512. The van der Waals surface area contributed by atoms with E-state index in [2.05, 4.69) is 0 Å². The van der Waals surface area contributed by atoms with E-state index in [-0.39, 0.29) is 18.2 Å². The van der Waals surface area contributed by atoms with Crippen molar-refractivity contribution in [2.24, 2.45) is 0 Å². The molecule has 0 amide bonds. The molecule has 0 atom stereocenters. The molecule has 128 valence electrons. The van der Waals surface area contributed by atoms with Gasteiger partial charge >= 0.3 is 5.97 Å². The summed E-state index contributed by atoms with van der Waals surface area (Å²) in [5.74, 6) is 0.120. The van der Waals surface area contributed by atoms with E-state index in [1.165, 1.54) is 14.0 Å². The fraction of sp³-hybridized carbons (Fsp3) is 0.200. The number of ether oxygens (including phenoxy) is 2. The van der Waals surface area contributed by atoms with Gasteiger partial charge in [0.25, 0.3) is 0 Å². The minimum Gasteiger partial charge on any atom is -0.496 e. The second-order valence-corrected chi connectivity index (χ2v) is 5.71. The zero-order valence-corrected chi connectivity index (χ0v) is 14.3. The van der Waals surface area contributed by atoms with Crippen LogP contribution in [-0.2, 0) is 11.3 Å². The van der Waals surface area contributed by atoms with E-state index >= 15 is 0 Å². The summed E-state index contributed by atoms with van der Waals surface area (Å²) in [5.41, 5.74) is 2.54. The first kappa shape index (κ1) is 16.8. The summed E-state index contributed by atoms with van der Waals surface area (Å²) >= 11 is 0. The summed E-state index contributed by atoms with van der Waals surface area (Å²) in [6, 6.07) is 12.5. The predicted octanol–water partition coefficient (Wildman–Crippen LogP) is 4.31. The number of esters is 1.